The van der Waals surface area contributed by atoms with E-state index in [9.17, 15) is 10.1 Å². The van der Waals surface area contributed by atoms with E-state index in [0.717, 1.165) is 16.8 Å². The van der Waals surface area contributed by atoms with Crippen LogP contribution in [0.25, 0.3) is 10.9 Å². The van der Waals surface area contributed by atoms with Crippen molar-refractivity contribution in [3.05, 3.63) is 57.8 Å². The highest BCUT2D eigenvalue weighted by atomic mass is 16.1. The maximum atomic E-state index is 12.4. The number of H-pyrrole nitrogens is 1. The molecular formula is C24H21B4N5O. The van der Waals surface area contributed by atoms with Crippen LogP contribution in [-0.2, 0) is 6.42 Å². The van der Waals surface area contributed by atoms with E-state index in [0.29, 0.717) is 55.9 Å². The molecule has 1 fully saturated rings. The average molecular weight is 439 g/mol. The Bertz CT molecular complexity index is 1360. The third kappa shape index (κ3) is 4.27. The SMILES string of the molecule is [B]c1c([B])c(N2CCN(C(=C)CCc3nc4c(C)cccc4c(=O)[nH]3)CC2)c([B])c([B])c1C#N. The molecule has 6 nitrogen and oxygen atoms in total. The molecule has 1 N–H and O–H groups in total. The lowest BCUT2D eigenvalue weighted by Crippen LogP contribution is -2.53. The molecule has 0 spiro atoms. The molecule has 0 unspecified atom stereocenters. The Balaban J connectivity index is 1.42. The molecule has 1 aromatic heterocycles. The molecule has 4 rings (SSSR count). The number of fused-ring (bicyclic) bond motifs is 1. The van der Waals surface area contributed by atoms with Crippen molar-refractivity contribution in [3.63, 3.8) is 0 Å². The van der Waals surface area contributed by atoms with Crippen molar-refractivity contribution >= 4 is 69.8 Å². The molecular weight excluding hydrogens is 418 g/mol. The molecule has 0 aliphatic carbocycles. The van der Waals surface area contributed by atoms with Crippen LogP contribution in [0.1, 0.15) is 23.4 Å². The van der Waals surface area contributed by atoms with Crippen LogP contribution in [0.3, 0.4) is 0 Å². The summed E-state index contributed by atoms with van der Waals surface area (Å²) in [7, 11) is 24.5. The first-order valence-electron chi connectivity index (χ1n) is 11.0. The van der Waals surface area contributed by atoms with Crippen molar-refractivity contribution in [2.45, 2.75) is 19.8 Å². The summed E-state index contributed by atoms with van der Waals surface area (Å²) in [6, 6.07) is 7.56. The van der Waals surface area contributed by atoms with Crippen LogP contribution in [-0.4, -0.2) is 72.4 Å². The number of aryl methyl sites for hydroxylation is 2. The van der Waals surface area contributed by atoms with Gasteiger partial charge in [0.1, 0.15) is 37.2 Å². The largest absolute Gasteiger partial charge is 0.372 e. The van der Waals surface area contributed by atoms with Crippen LogP contribution in [0.2, 0.25) is 0 Å². The third-order valence-corrected chi connectivity index (χ3v) is 6.42. The molecule has 0 saturated carbocycles. The number of benzene rings is 2. The first-order chi connectivity index (χ1) is 16.2. The number of allylic oxidation sites excluding steroid dienone is 1. The van der Waals surface area contributed by atoms with E-state index in [4.69, 9.17) is 31.4 Å². The number of anilines is 1. The van der Waals surface area contributed by atoms with Crippen molar-refractivity contribution in [2.75, 3.05) is 31.1 Å². The number of nitrogens with zero attached hydrogens (tertiary/aromatic N) is 4. The molecule has 1 aliphatic heterocycles. The normalized spacial score (nSPS) is 13.8. The van der Waals surface area contributed by atoms with Gasteiger partial charge in [0.05, 0.1) is 17.0 Å². The molecule has 1 aliphatic rings. The summed E-state index contributed by atoms with van der Waals surface area (Å²) in [5.41, 5.74) is 4.10. The van der Waals surface area contributed by atoms with Gasteiger partial charge in [0.2, 0.25) is 0 Å². The molecule has 2 aromatic carbocycles. The highest BCUT2D eigenvalue weighted by Gasteiger charge is 2.23. The number of aromatic nitrogens is 2. The van der Waals surface area contributed by atoms with Crippen molar-refractivity contribution in [1.29, 1.82) is 5.26 Å². The van der Waals surface area contributed by atoms with E-state index in [1.54, 1.807) is 6.07 Å². The molecule has 1 saturated heterocycles. The van der Waals surface area contributed by atoms with E-state index in [-0.39, 0.29) is 33.0 Å². The number of hydrogen-bond donors (Lipinski definition) is 1. The summed E-state index contributed by atoms with van der Waals surface area (Å²) < 4.78 is 0. The zero-order chi connectivity index (χ0) is 24.6. The van der Waals surface area contributed by atoms with Crippen LogP contribution in [0.15, 0.2) is 35.3 Å². The zero-order valence-corrected chi connectivity index (χ0v) is 19.2. The van der Waals surface area contributed by atoms with E-state index in [1.165, 1.54) is 0 Å². The van der Waals surface area contributed by atoms with Crippen LogP contribution in [0.4, 0.5) is 5.69 Å². The predicted octanol–water partition coefficient (Wildman–Crippen LogP) is -1.45. The van der Waals surface area contributed by atoms with Gasteiger partial charge < -0.3 is 14.8 Å². The number of nitriles is 1. The fraction of sp³-hybridized carbons (Fsp3) is 0.292. The second-order valence-corrected chi connectivity index (χ2v) is 8.51. The van der Waals surface area contributed by atoms with Gasteiger partial charge in [-0.2, -0.15) is 5.26 Å². The summed E-state index contributed by atoms with van der Waals surface area (Å²) in [4.78, 5) is 24.2. The number of aromatic amines is 1. The number of hydrogen-bond acceptors (Lipinski definition) is 5. The Hall–Kier alpha value is -3.33. The second kappa shape index (κ2) is 9.50. The minimum Gasteiger partial charge on any atom is -0.372 e. The lowest BCUT2D eigenvalue weighted by atomic mass is 9.66. The topological polar surface area (TPSA) is 76.0 Å². The second-order valence-electron chi connectivity index (χ2n) is 8.51. The average Bonchev–Trinajstić information content (AvgIpc) is 2.83. The summed E-state index contributed by atoms with van der Waals surface area (Å²) in [5.74, 6) is 0.649. The molecule has 0 amide bonds. The fourth-order valence-corrected chi connectivity index (χ4v) is 4.41. The Kier molecular flexibility index (Phi) is 6.65. The summed E-state index contributed by atoms with van der Waals surface area (Å²) >= 11 is 0. The summed E-state index contributed by atoms with van der Waals surface area (Å²) in [6.45, 7) is 8.89. The Morgan fingerprint density at radius 2 is 1.76 bits per heavy atom. The van der Waals surface area contributed by atoms with E-state index < -0.39 is 0 Å². The smallest absolute Gasteiger partial charge is 0.258 e. The molecule has 3 aromatic rings. The number of rotatable bonds is 5. The van der Waals surface area contributed by atoms with Gasteiger partial charge in [0, 0.05) is 49.5 Å². The summed E-state index contributed by atoms with van der Waals surface area (Å²) in [5, 5.41) is 9.88. The van der Waals surface area contributed by atoms with Gasteiger partial charge in [-0.3, -0.25) is 4.79 Å². The van der Waals surface area contributed by atoms with Gasteiger partial charge in [-0.05, 0) is 25.0 Å². The highest BCUT2D eigenvalue weighted by Crippen LogP contribution is 2.17. The number of piperazine rings is 1. The van der Waals surface area contributed by atoms with Crippen molar-refractivity contribution in [1.82, 2.24) is 14.9 Å². The zero-order valence-electron chi connectivity index (χ0n) is 19.2. The van der Waals surface area contributed by atoms with E-state index in [2.05, 4.69) is 21.4 Å². The number of para-hydroxylation sites is 1. The lowest BCUT2D eigenvalue weighted by molar-refractivity contribution is 0.312. The van der Waals surface area contributed by atoms with Crippen molar-refractivity contribution in [3.8, 4) is 6.07 Å². The Morgan fingerprint density at radius 3 is 2.38 bits per heavy atom. The van der Waals surface area contributed by atoms with Gasteiger partial charge in [-0.1, -0.05) is 40.6 Å². The highest BCUT2D eigenvalue weighted by molar-refractivity contribution is 6.60. The quantitative estimate of drug-likeness (QED) is 0.493. The number of nitrogens with one attached hydrogen (secondary N) is 1. The van der Waals surface area contributed by atoms with Crippen molar-refractivity contribution < 1.29 is 0 Å². The van der Waals surface area contributed by atoms with Gasteiger partial charge >= 0.3 is 0 Å². The van der Waals surface area contributed by atoms with E-state index in [1.807, 2.05) is 30.0 Å². The van der Waals surface area contributed by atoms with Gasteiger partial charge in [-0.15, -0.1) is 0 Å². The maximum Gasteiger partial charge on any atom is 0.258 e. The molecule has 160 valence electrons. The minimum atomic E-state index is -0.126. The first-order valence-corrected chi connectivity index (χ1v) is 11.0. The predicted molar refractivity (Wildman–Crippen MR) is 141 cm³/mol. The van der Waals surface area contributed by atoms with E-state index >= 15 is 0 Å². The maximum absolute atomic E-state index is 12.4. The molecule has 0 atom stereocenters. The first kappa shape index (κ1) is 23.8. The molecule has 8 radical (unpaired) electrons. The molecule has 10 heteroatoms. The fourth-order valence-electron chi connectivity index (χ4n) is 4.41. The van der Waals surface area contributed by atoms with Crippen LogP contribution in [0.5, 0.6) is 0 Å². The van der Waals surface area contributed by atoms with Gasteiger partial charge in [0.15, 0.2) is 0 Å². The summed E-state index contributed by atoms with van der Waals surface area (Å²) in [6.07, 6.45) is 1.25. The van der Waals surface area contributed by atoms with Gasteiger partial charge in [0.25, 0.3) is 5.56 Å². The van der Waals surface area contributed by atoms with Crippen LogP contribution in [0, 0.1) is 18.3 Å². The van der Waals surface area contributed by atoms with Crippen LogP contribution >= 0.6 is 0 Å². The molecule has 0 bridgehead atoms. The monoisotopic (exact) mass is 439 g/mol. The standard InChI is InChI=1S/C24H21B4N5O/c1-13-4-3-5-15-22(13)30-17(31-24(15)34)7-6-14(2)32-8-10-33(11-9-32)23-20(27)18(25)16(12-29)19(26)21(23)28/h3-5H,2,6-11H2,1H3,(H,30,31,34). The lowest BCUT2D eigenvalue weighted by Gasteiger charge is -2.40. The van der Waals surface area contributed by atoms with Crippen molar-refractivity contribution in [2.24, 2.45) is 0 Å². The van der Waals surface area contributed by atoms with Gasteiger partial charge in [-0.25, -0.2) is 4.98 Å². The van der Waals surface area contributed by atoms with Crippen LogP contribution < -0.4 is 32.3 Å². The minimum absolute atomic E-state index is 0.112. The molecule has 2 heterocycles. The third-order valence-electron chi connectivity index (χ3n) is 6.42. The Morgan fingerprint density at radius 1 is 1.12 bits per heavy atom. The molecule has 34 heavy (non-hydrogen) atoms. The Labute approximate surface area is 204 Å².